The van der Waals surface area contributed by atoms with Crippen molar-refractivity contribution in [2.24, 2.45) is 0 Å². The lowest BCUT2D eigenvalue weighted by atomic mass is 10.1. The molecule has 2 N–H and O–H groups in total. The first-order chi connectivity index (χ1) is 10.1. The summed E-state index contributed by atoms with van der Waals surface area (Å²) in [6, 6.07) is 11.4. The van der Waals surface area contributed by atoms with Gasteiger partial charge in [0.15, 0.2) is 0 Å². The zero-order valence-corrected chi connectivity index (χ0v) is 13.1. The van der Waals surface area contributed by atoms with E-state index >= 15 is 0 Å². The maximum atomic E-state index is 12.0. The molecule has 0 unspecified atom stereocenters. The van der Waals surface area contributed by atoms with Crippen molar-refractivity contribution in [2.75, 3.05) is 0 Å². The van der Waals surface area contributed by atoms with Gasteiger partial charge in [-0.2, -0.15) is 0 Å². The van der Waals surface area contributed by atoms with Gasteiger partial charge < -0.3 is 10.4 Å². The highest BCUT2D eigenvalue weighted by atomic mass is 127. The summed E-state index contributed by atoms with van der Waals surface area (Å²) in [6.45, 7) is 0. The van der Waals surface area contributed by atoms with Crippen molar-refractivity contribution in [2.45, 2.75) is 12.5 Å². The molecule has 1 atom stereocenters. The SMILES string of the molecule is O=C(N[C@H](Cc1cccc(I)c1)C(=O)O)c1ccccn1. The molecule has 108 valence electrons. The number of carbonyl (C=O) groups is 2. The van der Waals surface area contributed by atoms with E-state index in [9.17, 15) is 14.7 Å². The predicted octanol–water partition coefficient (Wildman–Crippen LogP) is 2.11. The quantitative estimate of drug-likeness (QED) is 0.759. The molecule has 1 amide bonds. The van der Waals surface area contributed by atoms with Crippen LogP contribution in [0.15, 0.2) is 48.7 Å². The number of nitrogens with one attached hydrogen (secondary N) is 1. The van der Waals surface area contributed by atoms with Crippen LogP contribution in [0.4, 0.5) is 0 Å². The van der Waals surface area contributed by atoms with Crippen LogP contribution in [0.2, 0.25) is 0 Å². The molecule has 1 heterocycles. The van der Waals surface area contributed by atoms with Gasteiger partial charge in [0.1, 0.15) is 11.7 Å². The standard InChI is InChI=1S/C15H13IN2O3/c16-11-5-3-4-10(8-11)9-13(15(20)21)18-14(19)12-6-1-2-7-17-12/h1-8,13H,9H2,(H,18,19)(H,20,21)/t13-/m1/s1. The summed E-state index contributed by atoms with van der Waals surface area (Å²) in [7, 11) is 0. The van der Waals surface area contributed by atoms with Crippen molar-refractivity contribution in [3.05, 3.63) is 63.5 Å². The number of hydrogen-bond donors (Lipinski definition) is 2. The maximum absolute atomic E-state index is 12.0. The minimum atomic E-state index is -1.07. The average Bonchev–Trinajstić information content (AvgIpc) is 2.47. The summed E-state index contributed by atoms with van der Waals surface area (Å²) in [5, 5.41) is 11.8. The summed E-state index contributed by atoms with van der Waals surface area (Å²) in [4.78, 5) is 27.2. The Morgan fingerprint density at radius 1 is 1.24 bits per heavy atom. The normalized spacial score (nSPS) is 11.7. The smallest absolute Gasteiger partial charge is 0.326 e. The average molecular weight is 396 g/mol. The molecule has 0 spiro atoms. The molecule has 0 aliphatic carbocycles. The van der Waals surface area contributed by atoms with E-state index in [2.05, 4.69) is 32.9 Å². The van der Waals surface area contributed by atoms with E-state index in [1.54, 1.807) is 18.2 Å². The molecule has 5 nitrogen and oxygen atoms in total. The lowest BCUT2D eigenvalue weighted by molar-refractivity contribution is -0.139. The molecule has 0 saturated heterocycles. The van der Waals surface area contributed by atoms with E-state index in [4.69, 9.17) is 0 Å². The highest BCUT2D eigenvalue weighted by Crippen LogP contribution is 2.10. The molecule has 21 heavy (non-hydrogen) atoms. The number of halogens is 1. The molecule has 2 aromatic rings. The van der Waals surface area contributed by atoms with Gasteiger partial charge in [0.2, 0.25) is 0 Å². The summed E-state index contributed by atoms with van der Waals surface area (Å²) in [5.41, 5.74) is 1.06. The summed E-state index contributed by atoms with van der Waals surface area (Å²) >= 11 is 2.16. The van der Waals surface area contributed by atoms with Crippen LogP contribution in [-0.2, 0) is 11.2 Å². The molecule has 0 radical (unpaired) electrons. The topological polar surface area (TPSA) is 79.3 Å². The van der Waals surface area contributed by atoms with Gasteiger partial charge in [0.25, 0.3) is 5.91 Å². The number of hydrogen-bond acceptors (Lipinski definition) is 3. The second-order valence-electron chi connectivity index (χ2n) is 4.41. The predicted molar refractivity (Wildman–Crippen MR) is 86.0 cm³/mol. The van der Waals surface area contributed by atoms with E-state index in [0.717, 1.165) is 9.13 Å². The van der Waals surface area contributed by atoms with Gasteiger partial charge in [-0.15, -0.1) is 0 Å². The molecule has 0 bridgehead atoms. The van der Waals surface area contributed by atoms with Crippen molar-refractivity contribution < 1.29 is 14.7 Å². The van der Waals surface area contributed by atoms with E-state index in [1.807, 2.05) is 24.3 Å². The second kappa shape index (κ2) is 7.16. The van der Waals surface area contributed by atoms with Crippen molar-refractivity contribution in [3.63, 3.8) is 0 Å². The zero-order valence-electron chi connectivity index (χ0n) is 11.0. The van der Waals surface area contributed by atoms with Crippen LogP contribution in [0, 0.1) is 3.57 Å². The number of carboxylic acids is 1. The Morgan fingerprint density at radius 3 is 2.67 bits per heavy atom. The fourth-order valence-electron chi connectivity index (χ4n) is 1.83. The number of amides is 1. The van der Waals surface area contributed by atoms with Crippen LogP contribution < -0.4 is 5.32 Å². The third-order valence-corrected chi connectivity index (χ3v) is 3.50. The first-order valence-electron chi connectivity index (χ1n) is 6.25. The minimum absolute atomic E-state index is 0.200. The Balaban J connectivity index is 2.09. The van der Waals surface area contributed by atoms with Crippen molar-refractivity contribution >= 4 is 34.5 Å². The largest absolute Gasteiger partial charge is 0.480 e. The number of pyridine rings is 1. The number of benzene rings is 1. The first kappa shape index (κ1) is 15.4. The fraction of sp³-hybridized carbons (Fsp3) is 0.133. The van der Waals surface area contributed by atoms with Crippen molar-refractivity contribution in [3.8, 4) is 0 Å². The Labute approximate surface area is 135 Å². The van der Waals surface area contributed by atoms with Gasteiger partial charge in [0.05, 0.1) is 0 Å². The van der Waals surface area contributed by atoms with Crippen LogP contribution in [0.1, 0.15) is 16.1 Å². The number of carbonyl (C=O) groups excluding carboxylic acids is 1. The number of nitrogens with zero attached hydrogens (tertiary/aromatic N) is 1. The summed E-state index contributed by atoms with van der Waals surface area (Å²) in [6.07, 6.45) is 1.72. The Bertz CT molecular complexity index is 646. The number of rotatable bonds is 5. The second-order valence-corrected chi connectivity index (χ2v) is 5.66. The minimum Gasteiger partial charge on any atom is -0.480 e. The van der Waals surface area contributed by atoms with E-state index in [-0.39, 0.29) is 12.1 Å². The van der Waals surface area contributed by atoms with Crippen molar-refractivity contribution in [1.29, 1.82) is 0 Å². The molecular formula is C15H13IN2O3. The molecular weight excluding hydrogens is 383 g/mol. The Kier molecular flexibility index (Phi) is 5.26. The molecule has 6 heteroatoms. The van der Waals surface area contributed by atoms with Gasteiger partial charge in [-0.25, -0.2) is 4.79 Å². The molecule has 2 rings (SSSR count). The van der Waals surface area contributed by atoms with Crippen LogP contribution in [0.3, 0.4) is 0 Å². The third kappa shape index (κ3) is 4.52. The molecule has 0 saturated carbocycles. The molecule has 1 aromatic heterocycles. The molecule has 0 fully saturated rings. The van der Waals surface area contributed by atoms with Gasteiger partial charge >= 0.3 is 5.97 Å². The fourth-order valence-corrected chi connectivity index (χ4v) is 2.44. The van der Waals surface area contributed by atoms with Gasteiger partial charge in [-0.3, -0.25) is 9.78 Å². The monoisotopic (exact) mass is 396 g/mol. The maximum Gasteiger partial charge on any atom is 0.326 e. The van der Waals surface area contributed by atoms with Gasteiger partial charge in [0, 0.05) is 16.2 Å². The highest BCUT2D eigenvalue weighted by Gasteiger charge is 2.21. The molecule has 0 aliphatic heterocycles. The van der Waals surface area contributed by atoms with Crippen LogP contribution in [-0.4, -0.2) is 28.0 Å². The third-order valence-electron chi connectivity index (χ3n) is 2.83. The van der Waals surface area contributed by atoms with Crippen LogP contribution >= 0.6 is 22.6 Å². The Hall–Kier alpha value is -1.96. The lowest BCUT2D eigenvalue weighted by Crippen LogP contribution is -2.42. The summed E-state index contributed by atoms with van der Waals surface area (Å²) in [5.74, 6) is -1.56. The van der Waals surface area contributed by atoms with E-state index in [1.165, 1.54) is 6.20 Å². The number of aliphatic carboxylic acids is 1. The summed E-state index contributed by atoms with van der Waals surface area (Å²) < 4.78 is 1.02. The number of carboxylic acid groups (broad SMARTS) is 1. The van der Waals surface area contributed by atoms with Gasteiger partial charge in [-0.05, 0) is 52.4 Å². The first-order valence-corrected chi connectivity index (χ1v) is 7.33. The lowest BCUT2D eigenvalue weighted by Gasteiger charge is -2.14. The van der Waals surface area contributed by atoms with Crippen molar-refractivity contribution in [1.82, 2.24) is 10.3 Å². The van der Waals surface area contributed by atoms with Gasteiger partial charge in [-0.1, -0.05) is 18.2 Å². The highest BCUT2D eigenvalue weighted by molar-refractivity contribution is 14.1. The van der Waals surface area contributed by atoms with E-state index < -0.39 is 17.9 Å². The number of aromatic nitrogens is 1. The molecule has 1 aromatic carbocycles. The Morgan fingerprint density at radius 2 is 2.05 bits per heavy atom. The van der Waals surface area contributed by atoms with Crippen LogP contribution in [0.25, 0.3) is 0 Å². The van der Waals surface area contributed by atoms with Crippen LogP contribution in [0.5, 0.6) is 0 Å². The molecule has 0 aliphatic rings. The van der Waals surface area contributed by atoms with E-state index in [0.29, 0.717) is 0 Å². The zero-order chi connectivity index (χ0) is 15.2.